The van der Waals surface area contributed by atoms with Crippen LogP contribution in [0, 0.1) is 0 Å². The number of carbonyl (C=O) groups is 1. The molecule has 0 atom stereocenters. The van der Waals surface area contributed by atoms with Gasteiger partial charge >= 0.3 is 0 Å². The second-order valence-electron chi connectivity index (χ2n) is 5.06. The van der Waals surface area contributed by atoms with Gasteiger partial charge in [-0.1, -0.05) is 12.1 Å². The lowest BCUT2D eigenvalue weighted by molar-refractivity contribution is 0.103. The van der Waals surface area contributed by atoms with Crippen LogP contribution < -0.4 is 4.74 Å². The number of nitrogens with one attached hydrogen (secondary N) is 1. The summed E-state index contributed by atoms with van der Waals surface area (Å²) in [6.07, 6.45) is 5.80. The van der Waals surface area contributed by atoms with Gasteiger partial charge in [0, 0.05) is 18.1 Å². The average Bonchev–Trinajstić information content (AvgIpc) is 3.27. The van der Waals surface area contributed by atoms with Crippen molar-refractivity contribution >= 4 is 11.5 Å². The number of ether oxygens (including phenoxy) is 1. The molecule has 7 heteroatoms. The summed E-state index contributed by atoms with van der Waals surface area (Å²) in [7, 11) is 1.61. The van der Waals surface area contributed by atoms with Crippen LogP contribution in [0.15, 0.2) is 53.6 Å². The molecule has 0 bridgehead atoms. The van der Waals surface area contributed by atoms with Crippen LogP contribution in [0.4, 0.5) is 0 Å². The number of benzene rings is 1. The van der Waals surface area contributed by atoms with Crippen molar-refractivity contribution in [2.45, 2.75) is 6.42 Å². The third-order valence-corrected chi connectivity index (χ3v) is 3.49. The monoisotopic (exact) mass is 325 g/mol. The maximum atomic E-state index is 11.9. The van der Waals surface area contributed by atoms with E-state index < -0.39 is 5.78 Å². The molecule has 0 unspecified atom stereocenters. The van der Waals surface area contributed by atoms with E-state index >= 15 is 0 Å². The Hall–Kier alpha value is -3.35. The number of rotatable bonds is 6. The van der Waals surface area contributed by atoms with Gasteiger partial charge < -0.3 is 14.3 Å². The molecule has 2 heterocycles. The van der Waals surface area contributed by atoms with Crippen LogP contribution in [-0.2, 0) is 6.42 Å². The standard InChI is InChI=1S/C17H15N3O4/c1-23-13-4-2-11(3-5-13)6-12-8-24-9-14(12)15(21)7-16(22)17-18-10-19-20-17/h2-5,7-10,21H,6H2,1H3,(H,18,19,20). The Morgan fingerprint density at radius 1 is 1.33 bits per heavy atom. The summed E-state index contributed by atoms with van der Waals surface area (Å²) in [4.78, 5) is 15.7. The highest BCUT2D eigenvalue weighted by Gasteiger charge is 2.14. The summed E-state index contributed by atoms with van der Waals surface area (Å²) < 4.78 is 10.3. The van der Waals surface area contributed by atoms with Gasteiger partial charge in [0.25, 0.3) is 0 Å². The molecule has 2 N–H and O–H groups in total. The number of furan rings is 1. The van der Waals surface area contributed by atoms with Gasteiger partial charge in [-0.05, 0) is 17.7 Å². The maximum absolute atomic E-state index is 11.9. The first-order chi connectivity index (χ1) is 11.7. The first-order valence-corrected chi connectivity index (χ1v) is 7.16. The highest BCUT2D eigenvalue weighted by atomic mass is 16.5. The molecule has 0 fully saturated rings. The molecule has 24 heavy (non-hydrogen) atoms. The normalized spacial score (nSPS) is 11.5. The fourth-order valence-electron chi connectivity index (χ4n) is 2.24. The number of hydrogen-bond donors (Lipinski definition) is 2. The molecule has 0 spiro atoms. The summed E-state index contributed by atoms with van der Waals surface area (Å²) >= 11 is 0. The lowest BCUT2D eigenvalue weighted by Gasteiger charge is -2.04. The predicted octanol–water partition coefficient (Wildman–Crippen LogP) is 2.78. The Kier molecular flexibility index (Phi) is 4.42. The molecule has 3 aromatic rings. The fraction of sp³-hybridized carbons (Fsp3) is 0.118. The smallest absolute Gasteiger partial charge is 0.226 e. The minimum absolute atomic E-state index is 0.0572. The Morgan fingerprint density at radius 3 is 2.79 bits per heavy atom. The third kappa shape index (κ3) is 3.35. The number of H-pyrrole nitrogens is 1. The molecule has 0 saturated heterocycles. The maximum Gasteiger partial charge on any atom is 0.226 e. The molecule has 0 amide bonds. The number of aromatic nitrogens is 3. The highest BCUT2D eigenvalue weighted by molar-refractivity contribution is 6.05. The third-order valence-electron chi connectivity index (χ3n) is 3.49. The number of ketones is 1. The van der Waals surface area contributed by atoms with Crippen molar-refractivity contribution in [3.8, 4) is 5.75 Å². The zero-order valence-electron chi connectivity index (χ0n) is 12.9. The van der Waals surface area contributed by atoms with E-state index in [1.807, 2.05) is 24.3 Å². The van der Waals surface area contributed by atoms with Crippen molar-refractivity contribution in [3.05, 3.63) is 71.7 Å². The van der Waals surface area contributed by atoms with E-state index in [9.17, 15) is 9.90 Å². The number of aromatic amines is 1. The van der Waals surface area contributed by atoms with Gasteiger partial charge in [-0.3, -0.25) is 9.89 Å². The van der Waals surface area contributed by atoms with Gasteiger partial charge in [-0.2, -0.15) is 5.10 Å². The minimum atomic E-state index is -0.471. The van der Waals surface area contributed by atoms with Gasteiger partial charge in [-0.15, -0.1) is 0 Å². The predicted molar refractivity (Wildman–Crippen MR) is 85.8 cm³/mol. The molecular weight excluding hydrogens is 310 g/mol. The van der Waals surface area contributed by atoms with Crippen LogP contribution >= 0.6 is 0 Å². The number of hydrogen-bond acceptors (Lipinski definition) is 6. The number of methoxy groups -OCH3 is 1. The second kappa shape index (κ2) is 6.82. The lowest BCUT2D eigenvalue weighted by Crippen LogP contribution is -2.00. The number of aliphatic hydroxyl groups is 1. The van der Waals surface area contributed by atoms with Crippen LogP contribution in [0.5, 0.6) is 5.75 Å². The molecule has 3 rings (SSSR count). The number of nitrogens with zero attached hydrogens (tertiary/aromatic N) is 2. The second-order valence-corrected chi connectivity index (χ2v) is 5.06. The summed E-state index contributed by atoms with van der Waals surface area (Å²) in [6, 6.07) is 7.57. The van der Waals surface area contributed by atoms with E-state index in [2.05, 4.69) is 15.2 Å². The SMILES string of the molecule is COc1ccc(Cc2cocc2C(O)=CC(=O)c2ncn[nH]2)cc1. The van der Waals surface area contributed by atoms with Crippen molar-refractivity contribution in [3.63, 3.8) is 0 Å². The molecule has 0 radical (unpaired) electrons. The summed E-state index contributed by atoms with van der Waals surface area (Å²) in [6.45, 7) is 0. The van der Waals surface area contributed by atoms with Gasteiger partial charge in [0.2, 0.25) is 5.78 Å². The Labute approximate surface area is 137 Å². The molecule has 0 aliphatic rings. The molecule has 0 saturated carbocycles. The van der Waals surface area contributed by atoms with E-state index in [0.717, 1.165) is 23.0 Å². The van der Waals surface area contributed by atoms with Crippen LogP contribution in [0.3, 0.4) is 0 Å². The van der Waals surface area contributed by atoms with Crippen LogP contribution in [0.1, 0.15) is 27.3 Å². The molecule has 0 aliphatic heterocycles. The first-order valence-electron chi connectivity index (χ1n) is 7.16. The summed E-state index contributed by atoms with van der Waals surface area (Å²) in [5, 5.41) is 16.3. The molecule has 122 valence electrons. The van der Waals surface area contributed by atoms with Crippen LogP contribution in [0.2, 0.25) is 0 Å². The topological polar surface area (TPSA) is 101 Å². The number of allylic oxidation sites excluding steroid dienone is 1. The van der Waals surface area contributed by atoms with E-state index in [1.54, 1.807) is 13.4 Å². The van der Waals surface area contributed by atoms with E-state index in [-0.39, 0.29) is 11.6 Å². The first kappa shape index (κ1) is 15.5. The average molecular weight is 325 g/mol. The van der Waals surface area contributed by atoms with Crippen LogP contribution in [-0.4, -0.2) is 33.2 Å². The highest BCUT2D eigenvalue weighted by Crippen LogP contribution is 2.23. The molecule has 0 aliphatic carbocycles. The lowest BCUT2D eigenvalue weighted by atomic mass is 10.0. The van der Waals surface area contributed by atoms with E-state index in [1.165, 1.54) is 12.6 Å². The molecule has 1 aromatic carbocycles. The van der Waals surface area contributed by atoms with Crippen molar-refractivity contribution < 1.29 is 19.1 Å². The van der Waals surface area contributed by atoms with Gasteiger partial charge in [0.15, 0.2) is 5.82 Å². The Balaban J connectivity index is 1.80. The van der Waals surface area contributed by atoms with Crippen molar-refractivity contribution in [2.75, 3.05) is 7.11 Å². The van der Waals surface area contributed by atoms with Crippen molar-refractivity contribution in [1.82, 2.24) is 15.2 Å². The number of carbonyl (C=O) groups excluding carboxylic acids is 1. The van der Waals surface area contributed by atoms with Crippen molar-refractivity contribution in [2.24, 2.45) is 0 Å². The summed E-state index contributed by atoms with van der Waals surface area (Å²) in [5.74, 6) is 0.170. The van der Waals surface area contributed by atoms with Gasteiger partial charge in [0.1, 0.15) is 24.1 Å². The largest absolute Gasteiger partial charge is 0.507 e. The Morgan fingerprint density at radius 2 is 2.12 bits per heavy atom. The zero-order chi connectivity index (χ0) is 16.9. The fourth-order valence-corrected chi connectivity index (χ4v) is 2.24. The van der Waals surface area contributed by atoms with Gasteiger partial charge in [0.05, 0.1) is 18.9 Å². The Bertz CT molecular complexity index is 848. The minimum Gasteiger partial charge on any atom is -0.507 e. The summed E-state index contributed by atoms with van der Waals surface area (Å²) in [5.41, 5.74) is 2.24. The molecular formula is C17H15N3O4. The van der Waals surface area contributed by atoms with Crippen LogP contribution in [0.25, 0.3) is 5.76 Å². The molecule has 7 nitrogen and oxygen atoms in total. The van der Waals surface area contributed by atoms with E-state index in [4.69, 9.17) is 9.15 Å². The van der Waals surface area contributed by atoms with E-state index in [0.29, 0.717) is 12.0 Å². The molecule has 2 aromatic heterocycles. The van der Waals surface area contributed by atoms with Crippen molar-refractivity contribution in [1.29, 1.82) is 0 Å². The zero-order valence-corrected chi connectivity index (χ0v) is 12.9. The quantitative estimate of drug-likeness (QED) is 0.410. The van der Waals surface area contributed by atoms with Gasteiger partial charge in [-0.25, -0.2) is 4.98 Å². The number of aliphatic hydroxyl groups excluding tert-OH is 1.